The minimum Gasteiger partial charge on any atom is -0.469 e. The summed E-state index contributed by atoms with van der Waals surface area (Å²) in [6, 6.07) is 8.91. The van der Waals surface area contributed by atoms with Crippen LogP contribution in [0.4, 0.5) is 4.79 Å². The Kier molecular flexibility index (Phi) is 7.13. The quantitative estimate of drug-likeness (QED) is 0.620. The van der Waals surface area contributed by atoms with Crippen molar-refractivity contribution in [1.29, 1.82) is 0 Å². The Bertz CT molecular complexity index is 937. The van der Waals surface area contributed by atoms with Crippen molar-refractivity contribution in [3.05, 3.63) is 70.3 Å². The van der Waals surface area contributed by atoms with E-state index in [-0.39, 0.29) is 30.9 Å². The molecule has 0 spiro atoms. The molecule has 1 aromatic heterocycles. The average Bonchev–Trinajstić information content (AvgIpc) is 3.24. The van der Waals surface area contributed by atoms with E-state index in [0.717, 1.165) is 0 Å². The van der Waals surface area contributed by atoms with Gasteiger partial charge in [-0.05, 0) is 36.8 Å². The van der Waals surface area contributed by atoms with Crippen molar-refractivity contribution in [1.82, 2.24) is 10.6 Å². The van der Waals surface area contributed by atoms with Crippen LogP contribution in [0.1, 0.15) is 30.7 Å². The van der Waals surface area contributed by atoms with E-state index in [1.807, 2.05) is 0 Å². The van der Waals surface area contributed by atoms with Gasteiger partial charge < -0.3 is 24.5 Å². The highest BCUT2D eigenvalue weighted by Crippen LogP contribution is 2.28. The number of carbonyl (C=O) groups is 3. The van der Waals surface area contributed by atoms with Gasteiger partial charge in [-0.2, -0.15) is 0 Å². The molecule has 1 aliphatic rings. The molecule has 0 aliphatic carbocycles. The maximum Gasteiger partial charge on any atom is 0.338 e. The zero-order valence-electron chi connectivity index (χ0n) is 16.3. The minimum atomic E-state index is -0.771. The summed E-state index contributed by atoms with van der Waals surface area (Å²) < 4.78 is 15.6. The molecule has 8 nitrogen and oxygen atoms in total. The summed E-state index contributed by atoms with van der Waals surface area (Å²) in [5.74, 6) is -0.444. The van der Waals surface area contributed by atoms with Gasteiger partial charge in [-0.25, -0.2) is 9.59 Å². The molecule has 0 radical (unpaired) electrons. The fraction of sp³-hybridized carbons (Fsp3) is 0.286. The number of amides is 2. The number of aryl methyl sites for hydroxylation is 1. The number of furan rings is 1. The summed E-state index contributed by atoms with van der Waals surface area (Å²) in [5.41, 5.74) is 0.972. The number of hydrogen-bond acceptors (Lipinski definition) is 6. The van der Waals surface area contributed by atoms with Crippen molar-refractivity contribution in [2.75, 3.05) is 13.2 Å². The van der Waals surface area contributed by atoms with Gasteiger partial charge >= 0.3 is 18.0 Å². The number of hydrogen-bond donors (Lipinski definition) is 2. The van der Waals surface area contributed by atoms with E-state index in [1.165, 1.54) is 6.26 Å². The van der Waals surface area contributed by atoms with Crippen LogP contribution in [-0.2, 0) is 25.5 Å². The van der Waals surface area contributed by atoms with Gasteiger partial charge in [0.1, 0.15) is 12.4 Å². The SMILES string of the molecule is CCOC(=O)C1=C(COC(=O)CCc2ccco2)NC(=O)NC1c1ccc(Cl)cc1. The van der Waals surface area contributed by atoms with Crippen molar-refractivity contribution in [2.24, 2.45) is 0 Å². The average molecular weight is 433 g/mol. The van der Waals surface area contributed by atoms with Gasteiger partial charge in [-0.15, -0.1) is 0 Å². The molecule has 158 valence electrons. The smallest absolute Gasteiger partial charge is 0.338 e. The molecule has 1 unspecified atom stereocenters. The van der Waals surface area contributed by atoms with Crippen LogP contribution in [0, 0.1) is 0 Å². The first kappa shape index (κ1) is 21.4. The number of esters is 2. The monoisotopic (exact) mass is 432 g/mol. The van der Waals surface area contributed by atoms with Crippen LogP contribution in [0.3, 0.4) is 0 Å². The Labute approximate surface area is 178 Å². The van der Waals surface area contributed by atoms with Crippen LogP contribution in [-0.4, -0.2) is 31.2 Å². The van der Waals surface area contributed by atoms with E-state index >= 15 is 0 Å². The number of benzene rings is 1. The van der Waals surface area contributed by atoms with Crippen molar-refractivity contribution in [2.45, 2.75) is 25.8 Å². The maximum atomic E-state index is 12.6. The van der Waals surface area contributed by atoms with Crippen LogP contribution in [0.5, 0.6) is 0 Å². The summed E-state index contributed by atoms with van der Waals surface area (Å²) in [7, 11) is 0. The molecule has 2 heterocycles. The van der Waals surface area contributed by atoms with Gasteiger partial charge in [0, 0.05) is 11.4 Å². The van der Waals surface area contributed by atoms with Crippen LogP contribution in [0.25, 0.3) is 0 Å². The van der Waals surface area contributed by atoms with E-state index < -0.39 is 24.0 Å². The second-order valence-electron chi connectivity index (χ2n) is 6.44. The Morgan fingerprint density at radius 1 is 1.17 bits per heavy atom. The predicted octanol–water partition coefficient (Wildman–Crippen LogP) is 3.28. The molecule has 0 saturated heterocycles. The first-order valence-electron chi connectivity index (χ1n) is 9.39. The number of carbonyl (C=O) groups excluding carboxylic acids is 3. The van der Waals surface area contributed by atoms with Crippen LogP contribution < -0.4 is 10.6 Å². The second-order valence-corrected chi connectivity index (χ2v) is 6.87. The lowest BCUT2D eigenvalue weighted by atomic mass is 9.95. The van der Waals surface area contributed by atoms with Gasteiger partial charge in [0.25, 0.3) is 0 Å². The minimum absolute atomic E-state index is 0.0995. The van der Waals surface area contributed by atoms with Crippen molar-refractivity contribution < 1.29 is 28.3 Å². The fourth-order valence-electron chi connectivity index (χ4n) is 2.99. The third kappa shape index (κ3) is 5.42. The van der Waals surface area contributed by atoms with E-state index in [0.29, 0.717) is 22.8 Å². The fourth-order valence-corrected chi connectivity index (χ4v) is 3.12. The lowest BCUT2D eigenvalue weighted by molar-refractivity contribution is -0.143. The number of ether oxygens (including phenoxy) is 2. The molecule has 3 rings (SSSR count). The lowest BCUT2D eigenvalue weighted by Crippen LogP contribution is -2.47. The van der Waals surface area contributed by atoms with Gasteiger partial charge in [0.15, 0.2) is 0 Å². The highest BCUT2D eigenvalue weighted by Gasteiger charge is 2.34. The zero-order chi connectivity index (χ0) is 21.5. The Hall–Kier alpha value is -3.26. The summed E-state index contributed by atoms with van der Waals surface area (Å²) >= 11 is 5.94. The molecule has 1 aliphatic heterocycles. The molecular formula is C21H21ClN2O6. The first-order valence-corrected chi connectivity index (χ1v) is 9.77. The Morgan fingerprint density at radius 3 is 2.60 bits per heavy atom. The summed E-state index contributed by atoms with van der Waals surface area (Å²) in [5, 5.41) is 5.77. The lowest BCUT2D eigenvalue weighted by Gasteiger charge is -2.29. The molecule has 1 aromatic carbocycles. The summed E-state index contributed by atoms with van der Waals surface area (Å²) in [4.78, 5) is 36.9. The molecule has 0 bridgehead atoms. The van der Waals surface area contributed by atoms with Gasteiger partial charge in [0.2, 0.25) is 0 Å². The van der Waals surface area contributed by atoms with Gasteiger partial charge in [-0.3, -0.25) is 4.79 Å². The number of rotatable bonds is 8. The highest BCUT2D eigenvalue weighted by atomic mass is 35.5. The van der Waals surface area contributed by atoms with E-state index in [2.05, 4.69) is 10.6 Å². The first-order chi connectivity index (χ1) is 14.5. The van der Waals surface area contributed by atoms with Gasteiger partial charge in [-0.1, -0.05) is 23.7 Å². The zero-order valence-corrected chi connectivity index (χ0v) is 17.0. The molecule has 0 fully saturated rings. The molecule has 2 amide bonds. The summed E-state index contributed by atoms with van der Waals surface area (Å²) in [6.45, 7) is 1.56. The van der Waals surface area contributed by atoms with Gasteiger partial charge in [0.05, 0.1) is 36.6 Å². The van der Waals surface area contributed by atoms with Crippen LogP contribution in [0.15, 0.2) is 58.3 Å². The van der Waals surface area contributed by atoms with Crippen molar-refractivity contribution >= 4 is 29.6 Å². The van der Waals surface area contributed by atoms with Crippen molar-refractivity contribution in [3.8, 4) is 0 Å². The Morgan fingerprint density at radius 2 is 1.93 bits per heavy atom. The van der Waals surface area contributed by atoms with Crippen molar-refractivity contribution in [3.63, 3.8) is 0 Å². The number of nitrogens with one attached hydrogen (secondary N) is 2. The predicted molar refractivity (Wildman–Crippen MR) is 108 cm³/mol. The van der Waals surface area contributed by atoms with Crippen LogP contribution >= 0.6 is 11.6 Å². The molecule has 1 atom stereocenters. The number of urea groups is 1. The third-order valence-electron chi connectivity index (χ3n) is 4.39. The third-order valence-corrected chi connectivity index (χ3v) is 4.64. The standard InChI is InChI=1S/C21H21ClN2O6/c1-2-28-20(26)18-16(12-30-17(25)10-9-15-4-3-11-29-15)23-21(27)24-19(18)13-5-7-14(22)8-6-13/h3-8,11,19H,2,9-10,12H2,1H3,(H2,23,24,27). The topological polar surface area (TPSA) is 107 Å². The molecule has 9 heteroatoms. The molecule has 2 N–H and O–H groups in total. The maximum absolute atomic E-state index is 12.6. The summed E-state index contributed by atoms with van der Waals surface area (Å²) in [6.07, 6.45) is 2.01. The Balaban J connectivity index is 1.79. The van der Waals surface area contributed by atoms with E-state index in [1.54, 1.807) is 43.3 Å². The molecule has 30 heavy (non-hydrogen) atoms. The molecule has 2 aromatic rings. The molecule has 0 saturated carbocycles. The normalized spacial score (nSPS) is 15.9. The largest absolute Gasteiger partial charge is 0.469 e. The highest BCUT2D eigenvalue weighted by molar-refractivity contribution is 6.30. The number of halogens is 1. The second kappa shape index (κ2) is 9.98. The molecular weight excluding hydrogens is 412 g/mol. The van der Waals surface area contributed by atoms with E-state index in [9.17, 15) is 14.4 Å². The van der Waals surface area contributed by atoms with E-state index in [4.69, 9.17) is 25.5 Å². The van der Waals surface area contributed by atoms with Crippen LogP contribution in [0.2, 0.25) is 5.02 Å².